The van der Waals surface area contributed by atoms with Crippen LogP contribution in [0, 0.1) is 0 Å². The van der Waals surface area contributed by atoms with Gasteiger partial charge in [0.05, 0.1) is 12.1 Å². The Morgan fingerprint density at radius 1 is 1.13 bits per heavy atom. The minimum absolute atomic E-state index is 0.204. The SMILES string of the molecule is OC1CCCCCC1Nc1ccncc1. The van der Waals surface area contributed by atoms with Crippen LogP contribution in [-0.4, -0.2) is 22.2 Å². The van der Waals surface area contributed by atoms with Gasteiger partial charge in [-0.05, 0) is 25.0 Å². The van der Waals surface area contributed by atoms with Gasteiger partial charge in [-0.15, -0.1) is 0 Å². The molecule has 1 aliphatic rings. The van der Waals surface area contributed by atoms with Crippen LogP contribution in [0.1, 0.15) is 32.1 Å². The van der Waals surface area contributed by atoms with Crippen molar-refractivity contribution in [3.8, 4) is 0 Å². The van der Waals surface area contributed by atoms with Gasteiger partial charge in [-0.1, -0.05) is 19.3 Å². The molecule has 2 unspecified atom stereocenters. The van der Waals surface area contributed by atoms with Crippen molar-refractivity contribution in [1.29, 1.82) is 0 Å². The number of aliphatic hydroxyl groups excluding tert-OH is 1. The van der Waals surface area contributed by atoms with Crippen LogP contribution >= 0.6 is 0 Å². The topological polar surface area (TPSA) is 45.1 Å². The van der Waals surface area contributed by atoms with Crippen molar-refractivity contribution in [2.45, 2.75) is 44.2 Å². The number of nitrogens with zero attached hydrogens (tertiary/aromatic N) is 1. The molecule has 0 saturated heterocycles. The van der Waals surface area contributed by atoms with Gasteiger partial charge in [-0.2, -0.15) is 0 Å². The molecule has 0 bridgehead atoms. The zero-order valence-corrected chi connectivity index (χ0v) is 8.89. The number of anilines is 1. The summed E-state index contributed by atoms with van der Waals surface area (Å²) in [5, 5.41) is 13.3. The van der Waals surface area contributed by atoms with Gasteiger partial charge >= 0.3 is 0 Å². The first-order valence-corrected chi connectivity index (χ1v) is 5.71. The average Bonchev–Trinajstić information content (AvgIpc) is 2.46. The minimum Gasteiger partial charge on any atom is -0.391 e. The first-order chi connectivity index (χ1) is 7.36. The molecule has 1 heterocycles. The van der Waals surface area contributed by atoms with Crippen LogP contribution in [0.2, 0.25) is 0 Å². The van der Waals surface area contributed by atoms with Gasteiger partial charge in [-0.3, -0.25) is 4.98 Å². The van der Waals surface area contributed by atoms with E-state index in [2.05, 4.69) is 10.3 Å². The van der Waals surface area contributed by atoms with Crippen molar-refractivity contribution < 1.29 is 5.11 Å². The molecule has 15 heavy (non-hydrogen) atoms. The maximum Gasteiger partial charge on any atom is 0.0741 e. The second-order valence-corrected chi connectivity index (χ2v) is 4.19. The molecule has 2 N–H and O–H groups in total. The number of aliphatic hydroxyl groups is 1. The predicted octanol–water partition coefficient (Wildman–Crippen LogP) is 2.19. The Morgan fingerprint density at radius 2 is 1.87 bits per heavy atom. The van der Waals surface area contributed by atoms with E-state index in [0.29, 0.717) is 0 Å². The molecule has 0 aliphatic heterocycles. The summed E-state index contributed by atoms with van der Waals surface area (Å²) in [4.78, 5) is 3.97. The smallest absolute Gasteiger partial charge is 0.0741 e. The lowest BCUT2D eigenvalue weighted by molar-refractivity contribution is 0.144. The van der Waals surface area contributed by atoms with Gasteiger partial charge in [0.25, 0.3) is 0 Å². The highest BCUT2D eigenvalue weighted by Gasteiger charge is 2.20. The molecule has 1 aliphatic carbocycles. The Morgan fingerprint density at radius 3 is 2.67 bits per heavy atom. The fourth-order valence-corrected chi connectivity index (χ4v) is 2.12. The maximum absolute atomic E-state index is 9.93. The molecule has 2 rings (SSSR count). The van der Waals surface area contributed by atoms with Crippen LogP contribution in [0.4, 0.5) is 5.69 Å². The molecule has 1 saturated carbocycles. The summed E-state index contributed by atoms with van der Waals surface area (Å²) >= 11 is 0. The Balaban J connectivity index is 1.97. The van der Waals surface area contributed by atoms with Gasteiger partial charge in [0.2, 0.25) is 0 Å². The molecule has 3 nitrogen and oxygen atoms in total. The van der Waals surface area contributed by atoms with Crippen molar-refractivity contribution in [1.82, 2.24) is 4.98 Å². The average molecular weight is 206 g/mol. The van der Waals surface area contributed by atoms with E-state index in [9.17, 15) is 5.11 Å². The Hall–Kier alpha value is -1.09. The number of aromatic nitrogens is 1. The second-order valence-electron chi connectivity index (χ2n) is 4.19. The third-order valence-corrected chi connectivity index (χ3v) is 3.01. The summed E-state index contributed by atoms with van der Waals surface area (Å²) in [6.45, 7) is 0. The number of hydrogen-bond donors (Lipinski definition) is 2. The number of nitrogens with one attached hydrogen (secondary N) is 1. The molecule has 0 spiro atoms. The first kappa shape index (κ1) is 10.4. The summed E-state index contributed by atoms with van der Waals surface area (Å²) < 4.78 is 0. The molecule has 2 atom stereocenters. The fourth-order valence-electron chi connectivity index (χ4n) is 2.12. The van der Waals surface area contributed by atoms with Crippen molar-refractivity contribution >= 4 is 5.69 Å². The molecule has 82 valence electrons. The fraction of sp³-hybridized carbons (Fsp3) is 0.583. The van der Waals surface area contributed by atoms with E-state index in [1.54, 1.807) is 12.4 Å². The molecule has 0 aromatic carbocycles. The summed E-state index contributed by atoms with van der Waals surface area (Å²) in [5.41, 5.74) is 1.05. The summed E-state index contributed by atoms with van der Waals surface area (Å²) in [5.74, 6) is 0. The minimum atomic E-state index is -0.208. The zero-order chi connectivity index (χ0) is 10.5. The molecule has 1 fully saturated rings. The first-order valence-electron chi connectivity index (χ1n) is 5.71. The van der Waals surface area contributed by atoms with Crippen LogP contribution in [0.3, 0.4) is 0 Å². The summed E-state index contributed by atoms with van der Waals surface area (Å²) in [6.07, 6.45) is 8.91. The molecule has 0 radical (unpaired) electrons. The molecule has 3 heteroatoms. The van der Waals surface area contributed by atoms with Crippen LogP contribution in [0.5, 0.6) is 0 Å². The molecule has 1 aromatic heterocycles. The Kier molecular flexibility index (Phi) is 3.56. The summed E-state index contributed by atoms with van der Waals surface area (Å²) in [7, 11) is 0. The third kappa shape index (κ3) is 2.93. The summed E-state index contributed by atoms with van der Waals surface area (Å²) in [6, 6.07) is 4.09. The lowest BCUT2D eigenvalue weighted by Crippen LogP contribution is -2.32. The quantitative estimate of drug-likeness (QED) is 0.729. The van der Waals surface area contributed by atoms with Crippen LogP contribution < -0.4 is 5.32 Å². The van der Waals surface area contributed by atoms with Gasteiger partial charge in [0.1, 0.15) is 0 Å². The highest BCUT2D eigenvalue weighted by molar-refractivity contribution is 5.42. The third-order valence-electron chi connectivity index (χ3n) is 3.01. The Labute approximate surface area is 90.5 Å². The van der Waals surface area contributed by atoms with E-state index in [1.807, 2.05) is 12.1 Å². The second kappa shape index (κ2) is 5.12. The van der Waals surface area contributed by atoms with Gasteiger partial charge in [0.15, 0.2) is 0 Å². The number of hydrogen-bond acceptors (Lipinski definition) is 3. The number of pyridine rings is 1. The van der Waals surface area contributed by atoms with Crippen LogP contribution in [-0.2, 0) is 0 Å². The van der Waals surface area contributed by atoms with E-state index < -0.39 is 0 Å². The van der Waals surface area contributed by atoms with E-state index in [0.717, 1.165) is 24.9 Å². The molecular formula is C12H18N2O. The molecule has 0 amide bonds. The van der Waals surface area contributed by atoms with Gasteiger partial charge in [-0.25, -0.2) is 0 Å². The maximum atomic E-state index is 9.93. The van der Waals surface area contributed by atoms with Gasteiger partial charge in [0, 0.05) is 18.1 Å². The zero-order valence-electron chi connectivity index (χ0n) is 8.89. The highest BCUT2D eigenvalue weighted by Crippen LogP contribution is 2.21. The lowest BCUT2D eigenvalue weighted by atomic mass is 10.1. The highest BCUT2D eigenvalue weighted by atomic mass is 16.3. The van der Waals surface area contributed by atoms with Crippen molar-refractivity contribution in [3.05, 3.63) is 24.5 Å². The van der Waals surface area contributed by atoms with E-state index in [1.165, 1.54) is 12.8 Å². The largest absolute Gasteiger partial charge is 0.391 e. The van der Waals surface area contributed by atoms with Crippen molar-refractivity contribution in [2.75, 3.05) is 5.32 Å². The van der Waals surface area contributed by atoms with Crippen LogP contribution in [0.25, 0.3) is 0 Å². The van der Waals surface area contributed by atoms with Crippen LogP contribution in [0.15, 0.2) is 24.5 Å². The predicted molar refractivity (Wildman–Crippen MR) is 60.7 cm³/mol. The van der Waals surface area contributed by atoms with Gasteiger partial charge < -0.3 is 10.4 Å². The number of rotatable bonds is 2. The van der Waals surface area contributed by atoms with E-state index >= 15 is 0 Å². The van der Waals surface area contributed by atoms with Crippen molar-refractivity contribution in [2.24, 2.45) is 0 Å². The van der Waals surface area contributed by atoms with Crippen molar-refractivity contribution in [3.63, 3.8) is 0 Å². The van der Waals surface area contributed by atoms with E-state index in [-0.39, 0.29) is 12.1 Å². The lowest BCUT2D eigenvalue weighted by Gasteiger charge is -2.22. The molecule has 1 aromatic rings. The standard InChI is InChI=1S/C12H18N2O/c15-12-5-3-1-2-4-11(12)14-10-6-8-13-9-7-10/h6-9,11-12,15H,1-5H2,(H,13,14). The normalized spacial score (nSPS) is 27.0. The Bertz CT molecular complexity index is 289. The monoisotopic (exact) mass is 206 g/mol. The molecular weight excluding hydrogens is 188 g/mol. The van der Waals surface area contributed by atoms with E-state index in [4.69, 9.17) is 0 Å².